The minimum Gasteiger partial charge on any atom is -0.459 e. The van der Waals surface area contributed by atoms with Gasteiger partial charge in [0.15, 0.2) is 0 Å². The molecule has 1 amide bonds. The highest BCUT2D eigenvalue weighted by Gasteiger charge is 2.17. The minimum absolute atomic E-state index is 0.156. The van der Waals surface area contributed by atoms with Gasteiger partial charge in [0.2, 0.25) is 5.91 Å². The second kappa shape index (κ2) is 11.1. The second-order valence-electron chi connectivity index (χ2n) is 5.30. The predicted octanol–water partition coefficient (Wildman–Crippen LogP) is 3.66. The van der Waals surface area contributed by atoms with Gasteiger partial charge in [0.25, 0.3) is 0 Å². The molecule has 0 saturated heterocycles. The summed E-state index contributed by atoms with van der Waals surface area (Å²) in [4.78, 5) is 21.6. The molecule has 0 aromatic heterocycles. The lowest BCUT2D eigenvalue weighted by Crippen LogP contribution is -2.20. The van der Waals surface area contributed by atoms with Crippen molar-refractivity contribution in [2.24, 2.45) is 5.73 Å². The Balaban J connectivity index is 0.000000400. The highest BCUT2D eigenvalue weighted by Crippen LogP contribution is 2.20. The first-order valence-electron chi connectivity index (χ1n) is 7.77. The van der Waals surface area contributed by atoms with Crippen LogP contribution in [-0.2, 0) is 14.3 Å². The Morgan fingerprint density at radius 3 is 2.14 bits per heavy atom. The maximum Gasteiger partial charge on any atom is 0.333 e. The lowest BCUT2D eigenvalue weighted by Gasteiger charge is -2.21. The van der Waals surface area contributed by atoms with E-state index in [9.17, 15) is 9.59 Å². The Kier molecular flexibility index (Phi) is 10.3. The molecule has 0 bridgehead atoms. The van der Waals surface area contributed by atoms with Gasteiger partial charge in [0.05, 0.1) is 0 Å². The summed E-state index contributed by atoms with van der Waals surface area (Å²) >= 11 is 0. The first-order valence-corrected chi connectivity index (χ1v) is 7.77. The van der Waals surface area contributed by atoms with Crippen LogP contribution in [0.15, 0.2) is 23.8 Å². The molecule has 21 heavy (non-hydrogen) atoms. The highest BCUT2D eigenvalue weighted by atomic mass is 16.5. The first-order chi connectivity index (χ1) is 9.92. The largest absolute Gasteiger partial charge is 0.459 e. The van der Waals surface area contributed by atoms with Crippen LogP contribution < -0.4 is 5.73 Å². The first kappa shape index (κ1) is 19.4. The third-order valence-electron chi connectivity index (χ3n) is 3.32. The highest BCUT2D eigenvalue weighted by molar-refractivity contribution is 5.91. The summed E-state index contributed by atoms with van der Waals surface area (Å²) in [6.45, 7) is 9.14. The van der Waals surface area contributed by atoms with E-state index in [0.717, 1.165) is 31.3 Å². The van der Waals surface area contributed by atoms with Gasteiger partial charge in [0.1, 0.15) is 6.10 Å². The second-order valence-corrected chi connectivity index (χ2v) is 5.30. The maximum absolute atomic E-state index is 11.1. The molecule has 0 heterocycles. The van der Waals surface area contributed by atoms with E-state index in [2.05, 4.69) is 6.58 Å². The van der Waals surface area contributed by atoms with Crippen LogP contribution in [-0.4, -0.2) is 18.0 Å². The average Bonchev–Trinajstić information content (AvgIpc) is 2.46. The lowest BCUT2D eigenvalue weighted by atomic mass is 9.98. The van der Waals surface area contributed by atoms with Crippen molar-refractivity contribution in [3.8, 4) is 0 Å². The molecule has 0 spiro atoms. The van der Waals surface area contributed by atoms with E-state index in [-0.39, 0.29) is 18.0 Å². The fraction of sp³-hybridized carbons (Fsp3) is 0.647. The number of esters is 1. The number of hydrogen-bond acceptors (Lipinski definition) is 3. The van der Waals surface area contributed by atoms with E-state index >= 15 is 0 Å². The number of nitrogens with two attached hydrogens (primary N) is 1. The molecule has 120 valence electrons. The van der Waals surface area contributed by atoms with Crippen molar-refractivity contribution >= 4 is 11.9 Å². The Hall–Kier alpha value is -1.58. The predicted molar refractivity (Wildman–Crippen MR) is 85.6 cm³/mol. The number of amides is 1. The third kappa shape index (κ3) is 9.05. The fourth-order valence-electron chi connectivity index (χ4n) is 2.10. The van der Waals surface area contributed by atoms with Gasteiger partial charge in [-0.2, -0.15) is 0 Å². The zero-order valence-corrected chi connectivity index (χ0v) is 13.6. The number of allylic oxidation sites excluding steroid dienone is 1. The summed E-state index contributed by atoms with van der Waals surface area (Å²) in [5.41, 5.74) is 6.26. The molecule has 1 fully saturated rings. The summed E-state index contributed by atoms with van der Waals surface area (Å²) in [7, 11) is 0. The molecule has 0 aromatic carbocycles. The molecule has 4 heteroatoms. The van der Waals surface area contributed by atoms with Gasteiger partial charge < -0.3 is 10.5 Å². The maximum atomic E-state index is 11.1. The normalized spacial score (nSPS) is 15.7. The van der Waals surface area contributed by atoms with Gasteiger partial charge in [-0.3, -0.25) is 4.79 Å². The number of ether oxygens (including phenoxy) is 1. The third-order valence-corrected chi connectivity index (χ3v) is 3.32. The summed E-state index contributed by atoms with van der Waals surface area (Å²) < 4.78 is 5.21. The van der Waals surface area contributed by atoms with E-state index in [1.54, 1.807) is 6.92 Å². The minimum atomic E-state index is -0.292. The van der Waals surface area contributed by atoms with Crippen LogP contribution in [0.4, 0.5) is 0 Å². The Bertz CT molecular complexity index is 379. The monoisotopic (exact) mass is 295 g/mol. The molecular formula is C17H29NO3. The van der Waals surface area contributed by atoms with Gasteiger partial charge in [-0.15, -0.1) is 0 Å². The van der Waals surface area contributed by atoms with Crippen LogP contribution in [0.2, 0.25) is 0 Å². The molecule has 1 saturated carbocycles. The summed E-state index contributed by atoms with van der Waals surface area (Å²) in [5, 5.41) is 0. The molecular weight excluding hydrogens is 266 g/mol. The van der Waals surface area contributed by atoms with E-state index in [4.69, 9.17) is 10.5 Å². The zero-order valence-electron chi connectivity index (χ0n) is 13.6. The number of rotatable bonds is 5. The van der Waals surface area contributed by atoms with Crippen LogP contribution in [0.25, 0.3) is 0 Å². The number of hydrogen-bond donors (Lipinski definition) is 1. The average molecular weight is 295 g/mol. The van der Waals surface area contributed by atoms with Crippen LogP contribution >= 0.6 is 0 Å². The van der Waals surface area contributed by atoms with Crippen LogP contribution in [0.5, 0.6) is 0 Å². The van der Waals surface area contributed by atoms with Gasteiger partial charge >= 0.3 is 5.97 Å². The van der Waals surface area contributed by atoms with Crippen molar-refractivity contribution < 1.29 is 14.3 Å². The molecule has 4 nitrogen and oxygen atoms in total. The van der Waals surface area contributed by atoms with Gasteiger partial charge in [-0.05, 0) is 45.4 Å². The molecule has 0 aliphatic heterocycles. The molecule has 0 atom stereocenters. The summed E-state index contributed by atoms with van der Waals surface area (Å²) in [6, 6.07) is 0. The molecule has 0 unspecified atom stereocenters. The van der Waals surface area contributed by atoms with Gasteiger partial charge in [-0.1, -0.05) is 32.9 Å². The number of primary amides is 1. The Labute approximate surface area is 128 Å². The fourth-order valence-corrected chi connectivity index (χ4v) is 2.10. The number of carbonyl (C=O) groups excluding carboxylic acids is 2. The van der Waals surface area contributed by atoms with E-state index in [1.165, 1.54) is 19.3 Å². The Morgan fingerprint density at radius 2 is 1.81 bits per heavy atom. The van der Waals surface area contributed by atoms with Crippen LogP contribution in [0.1, 0.15) is 65.7 Å². The van der Waals surface area contributed by atoms with Crippen molar-refractivity contribution in [3.63, 3.8) is 0 Å². The smallest absolute Gasteiger partial charge is 0.333 e. The van der Waals surface area contributed by atoms with Gasteiger partial charge in [-0.25, -0.2) is 4.79 Å². The van der Waals surface area contributed by atoms with Crippen molar-refractivity contribution in [2.45, 2.75) is 71.8 Å². The van der Waals surface area contributed by atoms with Crippen LogP contribution in [0.3, 0.4) is 0 Å². The molecule has 1 rings (SSSR count). The quantitative estimate of drug-likeness (QED) is 0.621. The summed E-state index contributed by atoms with van der Waals surface area (Å²) in [6.07, 6.45) is 9.35. The lowest BCUT2D eigenvalue weighted by molar-refractivity contribution is -0.145. The van der Waals surface area contributed by atoms with Gasteiger partial charge in [0, 0.05) is 11.1 Å². The molecule has 0 aromatic rings. The van der Waals surface area contributed by atoms with Crippen LogP contribution in [0, 0.1) is 0 Å². The molecule has 1 aliphatic carbocycles. The Morgan fingerprint density at radius 1 is 1.24 bits per heavy atom. The van der Waals surface area contributed by atoms with Crippen molar-refractivity contribution in [3.05, 3.63) is 23.8 Å². The molecule has 2 N–H and O–H groups in total. The van der Waals surface area contributed by atoms with Crippen molar-refractivity contribution in [1.29, 1.82) is 0 Å². The van der Waals surface area contributed by atoms with E-state index in [0.29, 0.717) is 5.57 Å². The van der Waals surface area contributed by atoms with E-state index in [1.807, 2.05) is 19.9 Å². The summed E-state index contributed by atoms with van der Waals surface area (Å²) in [5.74, 6) is -0.527. The standard InChI is InChI=1S/C10H16O2.C7H13NO/c1-8(2)10(11)12-9-6-4-3-5-7-9;1-3-5-6(4-2)7(8)9/h9H,1,3-7H2,2H3;5H,3-4H2,1-2H3,(H2,8,9)/b;6-5-. The zero-order chi connectivity index (χ0) is 16.3. The topological polar surface area (TPSA) is 69.4 Å². The van der Waals surface area contributed by atoms with Crippen molar-refractivity contribution in [2.75, 3.05) is 0 Å². The van der Waals surface area contributed by atoms with Crippen molar-refractivity contribution in [1.82, 2.24) is 0 Å². The SMILES string of the molecule is C=C(C)C(=O)OC1CCCCC1.CC/C=C(/CC)C(N)=O. The molecule has 1 aliphatic rings. The number of carbonyl (C=O) groups is 2. The molecule has 0 radical (unpaired) electrons. The van der Waals surface area contributed by atoms with E-state index < -0.39 is 0 Å².